The van der Waals surface area contributed by atoms with Crippen LogP contribution in [-0.2, 0) is 16.1 Å². The van der Waals surface area contributed by atoms with Gasteiger partial charge in [0.05, 0.1) is 12.1 Å². The number of anilines is 1. The molecule has 9 nitrogen and oxygen atoms in total. The Morgan fingerprint density at radius 2 is 1.72 bits per heavy atom. The van der Waals surface area contributed by atoms with Crippen molar-refractivity contribution in [1.82, 2.24) is 25.3 Å². The van der Waals surface area contributed by atoms with Crippen molar-refractivity contribution in [3.8, 4) is 16.9 Å². The highest BCUT2D eigenvalue weighted by atomic mass is 16.5. The zero-order chi connectivity index (χ0) is 31.3. The molecule has 2 saturated heterocycles. The average Bonchev–Trinajstić information content (AvgIpc) is 3.82. The van der Waals surface area contributed by atoms with Crippen LogP contribution in [0.2, 0.25) is 0 Å². The van der Waals surface area contributed by atoms with Crippen molar-refractivity contribution in [2.24, 2.45) is 5.92 Å². The Balaban J connectivity index is 1.04. The standard InChI is InChI=1S/C37H42N6O3/c44-36(43(32-15-16-32)25-27-11-13-28(14-12-27)31-23-39-40-24-31)30-8-5-19-42(26-30)33-9-4-10-34(22-33)46-35(29-6-2-1-3-7-29)37(45)41-20-17-38-18-21-41/h1-4,6-7,9-14,22-24,30,32,35,38H,5,8,15-21,25-26H2,(H,39,40)/t30-,35?/m1/s1. The number of piperidine rings is 1. The molecular formula is C37H42N6O3. The quantitative estimate of drug-likeness (QED) is 0.259. The Morgan fingerprint density at radius 1 is 0.913 bits per heavy atom. The summed E-state index contributed by atoms with van der Waals surface area (Å²) in [6.45, 7) is 5.10. The second-order valence-electron chi connectivity index (χ2n) is 12.6. The molecule has 1 aromatic heterocycles. The lowest BCUT2D eigenvalue weighted by Gasteiger charge is -2.36. The molecule has 0 bridgehead atoms. The molecule has 0 radical (unpaired) electrons. The SMILES string of the molecule is O=C(C(Oc1cccc(N2CCC[C@@H](C(=O)N(Cc3ccc(-c4cn[nH]c4)cc3)C3CC3)C2)c1)c1ccccc1)N1CCNCC1. The third-order valence-electron chi connectivity index (χ3n) is 9.37. The van der Waals surface area contributed by atoms with Crippen molar-refractivity contribution in [2.75, 3.05) is 44.2 Å². The molecule has 9 heteroatoms. The summed E-state index contributed by atoms with van der Waals surface area (Å²) in [5, 5.41) is 10.2. The Bertz CT molecular complexity index is 1600. The largest absolute Gasteiger partial charge is 0.476 e. The normalized spacial score (nSPS) is 19.0. The number of ether oxygens (including phenoxy) is 1. The topological polar surface area (TPSA) is 93.8 Å². The molecular weight excluding hydrogens is 576 g/mol. The minimum absolute atomic E-state index is 0.0157. The molecule has 2 atom stereocenters. The van der Waals surface area contributed by atoms with Gasteiger partial charge in [0.15, 0.2) is 0 Å². The minimum Gasteiger partial charge on any atom is -0.476 e. The lowest BCUT2D eigenvalue weighted by molar-refractivity contribution is -0.139. The number of piperazine rings is 1. The summed E-state index contributed by atoms with van der Waals surface area (Å²) in [5.74, 6) is 0.833. The molecule has 46 heavy (non-hydrogen) atoms. The maximum absolute atomic E-state index is 14.0. The fourth-order valence-corrected chi connectivity index (χ4v) is 6.66. The van der Waals surface area contributed by atoms with Gasteiger partial charge in [0.25, 0.3) is 5.91 Å². The van der Waals surface area contributed by atoms with Crippen LogP contribution in [-0.4, -0.2) is 77.1 Å². The molecule has 7 rings (SSSR count). The molecule has 1 unspecified atom stereocenters. The molecule has 3 fully saturated rings. The minimum atomic E-state index is -0.717. The van der Waals surface area contributed by atoms with E-state index in [0.29, 0.717) is 38.0 Å². The number of hydrogen-bond acceptors (Lipinski definition) is 6. The first-order valence-electron chi connectivity index (χ1n) is 16.6. The first-order valence-corrected chi connectivity index (χ1v) is 16.6. The van der Waals surface area contributed by atoms with Crippen LogP contribution in [0, 0.1) is 5.92 Å². The number of aromatic nitrogens is 2. The lowest BCUT2D eigenvalue weighted by Crippen LogP contribution is -2.48. The summed E-state index contributed by atoms with van der Waals surface area (Å²) in [6, 6.07) is 26.5. The van der Waals surface area contributed by atoms with Gasteiger partial charge in [-0.2, -0.15) is 5.10 Å². The molecule has 2 amide bonds. The second kappa shape index (κ2) is 13.8. The summed E-state index contributed by atoms with van der Waals surface area (Å²) in [6.07, 6.45) is 6.98. The molecule has 1 saturated carbocycles. The van der Waals surface area contributed by atoms with Gasteiger partial charge in [-0.3, -0.25) is 14.7 Å². The van der Waals surface area contributed by atoms with E-state index in [0.717, 1.165) is 73.3 Å². The van der Waals surface area contributed by atoms with Gasteiger partial charge in [-0.25, -0.2) is 0 Å². The summed E-state index contributed by atoms with van der Waals surface area (Å²) >= 11 is 0. The number of carbonyl (C=O) groups excluding carboxylic acids is 2. The highest BCUT2D eigenvalue weighted by molar-refractivity contribution is 5.83. The maximum Gasteiger partial charge on any atom is 0.268 e. The van der Waals surface area contributed by atoms with Gasteiger partial charge in [-0.05, 0) is 48.9 Å². The Hall–Kier alpha value is -4.63. The van der Waals surface area contributed by atoms with E-state index in [-0.39, 0.29) is 17.7 Å². The van der Waals surface area contributed by atoms with Crippen LogP contribution in [0.25, 0.3) is 11.1 Å². The van der Waals surface area contributed by atoms with E-state index in [1.54, 1.807) is 0 Å². The summed E-state index contributed by atoms with van der Waals surface area (Å²) < 4.78 is 6.48. The third kappa shape index (κ3) is 6.94. The van der Waals surface area contributed by atoms with Gasteiger partial charge in [0, 0.05) is 80.9 Å². The molecule has 3 aliphatic rings. The number of nitrogens with one attached hydrogen (secondary N) is 2. The zero-order valence-electron chi connectivity index (χ0n) is 26.2. The fraction of sp³-hybridized carbons (Fsp3) is 0.378. The van der Waals surface area contributed by atoms with Crippen LogP contribution in [0.3, 0.4) is 0 Å². The monoisotopic (exact) mass is 618 g/mol. The summed E-state index contributed by atoms with van der Waals surface area (Å²) in [4.78, 5) is 34.0. The third-order valence-corrected chi connectivity index (χ3v) is 9.37. The van der Waals surface area contributed by atoms with E-state index in [1.165, 1.54) is 0 Å². The fourth-order valence-electron chi connectivity index (χ4n) is 6.66. The van der Waals surface area contributed by atoms with Gasteiger partial charge in [0.2, 0.25) is 12.0 Å². The van der Waals surface area contributed by atoms with Gasteiger partial charge in [0.1, 0.15) is 5.75 Å². The predicted octanol–water partition coefficient (Wildman–Crippen LogP) is 5.04. The predicted molar refractivity (Wildman–Crippen MR) is 178 cm³/mol. The second-order valence-corrected chi connectivity index (χ2v) is 12.6. The number of benzene rings is 3. The molecule has 2 aliphatic heterocycles. The number of rotatable bonds is 10. The molecule has 3 aromatic carbocycles. The van der Waals surface area contributed by atoms with E-state index in [4.69, 9.17) is 4.74 Å². The number of H-pyrrole nitrogens is 1. The first-order chi connectivity index (χ1) is 22.6. The number of aromatic amines is 1. The van der Waals surface area contributed by atoms with Crippen LogP contribution >= 0.6 is 0 Å². The average molecular weight is 619 g/mol. The van der Waals surface area contributed by atoms with Gasteiger partial charge in [-0.1, -0.05) is 60.7 Å². The van der Waals surface area contributed by atoms with E-state index >= 15 is 0 Å². The van der Waals surface area contributed by atoms with Crippen molar-refractivity contribution >= 4 is 17.5 Å². The number of nitrogens with zero attached hydrogens (tertiary/aromatic N) is 4. The molecule has 3 heterocycles. The zero-order valence-corrected chi connectivity index (χ0v) is 26.2. The summed E-state index contributed by atoms with van der Waals surface area (Å²) in [7, 11) is 0. The van der Waals surface area contributed by atoms with Gasteiger partial charge >= 0.3 is 0 Å². The van der Waals surface area contributed by atoms with E-state index < -0.39 is 6.10 Å². The number of carbonyl (C=O) groups is 2. The molecule has 4 aromatic rings. The smallest absolute Gasteiger partial charge is 0.268 e. The summed E-state index contributed by atoms with van der Waals surface area (Å²) in [5.41, 5.74) is 5.17. The van der Waals surface area contributed by atoms with Crippen LogP contribution in [0.4, 0.5) is 5.69 Å². The van der Waals surface area contributed by atoms with Crippen molar-refractivity contribution in [3.05, 3.63) is 102 Å². The van der Waals surface area contributed by atoms with Crippen LogP contribution in [0.5, 0.6) is 5.75 Å². The van der Waals surface area contributed by atoms with E-state index in [1.807, 2.05) is 65.8 Å². The molecule has 0 spiro atoms. The van der Waals surface area contributed by atoms with Crippen molar-refractivity contribution in [2.45, 2.75) is 44.4 Å². The van der Waals surface area contributed by atoms with Crippen LogP contribution < -0.4 is 15.0 Å². The highest BCUT2D eigenvalue weighted by Gasteiger charge is 2.37. The molecule has 2 N–H and O–H groups in total. The Morgan fingerprint density at radius 3 is 2.46 bits per heavy atom. The number of hydrogen-bond donors (Lipinski definition) is 2. The number of amides is 2. The van der Waals surface area contributed by atoms with Crippen molar-refractivity contribution < 1.29 is 14.3 Å². The van der Waals surface area contributed by atoms with Gasteiger partial charge in [-0.15, -0.1) is 0 Å². The van der Waals surface area contributed by atoms with E-state index in [2.05, 4.69) is 55.6 Å². The Labute approximate surface area is 270 Å². The lowest BCUT2D eigenvalue weighted by atomic mass is 9.95. The first kappa shape index (κ1) is 30.0. The molecule has 238 valence electrons. The maximum atomic E-state index is 14.0. The van der Waals surface area contributed by atoms with Crippen molar-refractivity contribution in [3.63, 3.8) is 0 Å². The highest BCUT2D eigenvalue weighted by Crippen LogP contribution is 2.34. The molecule has 1 aliphatic carbocycles. The van der Waals surface area contributed by atoms with Gasteiger partial charge < -0.3 is 24.8 Å². The van der Waals surface area contributed by atoms with Crippen molar-refractivity contribution in [1.29, 1.82) is 0 Å². The van der Waals surface area contributed by atoms with Crippen LogP contribution in [0.1, 0.15) is 42.9 Å². The van der Waals surface area contributed by atoms with E-state index in [9.17, 15) is 9.59 Å². The van der Waals surface area contributed by atoms with Crippen LogP contribution in [0.15, 0.2) is 91.3 Å². The Kier molecular flexibility index (Phi) is 9.01.